The van der Waals surface area contributed by atoms with E-state index in [-0.39, 0.29) is 6.04 Å². The number of nitrogens with zero attached hydrogens (tertiary/aromatic N) is 1. The van der Waals surface area contributed by atoms with Crippen LogP contribution in [0.1, 0.15) is 15.8 Å². The molecule has 0 aliphatic heterocycles. The van der Waals surface area contributed by atoms with Crippen molar-refractivity contribution in [2.24, 2.45) is 0 Å². The molecular weight excluding hydrogens is 376 g/mol. The number of nitrogens with one attached hydrogen (secondary N) is 1. The Morgan fingerprint density at radius 3 is 2.30 bits per heavy atom. The van der Waals surface area contributed by atoms with Crippen molar-refractivity contribution >= 4 is 55.9 Å². The number of aromatic nitrogens is 1. The number of thiophene rings is 2. The molecule has 0 radical (unpaired) electrons. The first-order chi connectivity index (χ1) is 9.74. The summed E-state index contributed by atoms with van der Waals surface area (Å²) in [5.41, 5.74) is 0.938. The molecule has 0 fully saturated rings. The molecule has 3 rings (SSSR count). The van der Waals surface area contributed by atoms with E-state index in [4.69, 9.17) is 11.6 Å². The van der Waals surface area contributed by atoms with Gasteiger partial charge in [0.05, 0.1) is 22.4 Å². The van der Waals surface area contributed by atoms with Gasteiger partial charge in [-0.25, -0.2) is 4.98 Å². The van der Waals surface area contributed by atoms with Gasteiger partial charge in [0.2, 0.25) is 0 Å². The van der Waals surface area contributed by atoms with E-state index in [2.05, 4.69) is 61.3 Å². The Hall–Kier alpha value is -0.880. The van der Waals surface area contributed by atoms with Gasteiger partial charge in [-0.15, -0.1) is 22.7 Å². The summed E-state index contributed by atoms with van der Waals surface area (Å²) in [6.45, 7) is 0. The maximum absolute atomic E-state index is 5.93. The minimum Gasteiger partial charge on any atom is -0.371 e. The molecule has 0 bridgehead atoms. The zero-order valence-corrected chi connectivity index (χ0v) is 14.2. The summed E-state index contributed by atoms with van der Waals surface area (Å²) in [6.07, 6.45) is 1.75. The topological polar surface area (TPSA) is 24.9 Å². The standard InChI is InChI=1S/C14H10BrClN2S2/c15-10-7-9(8-17-14(10)16)18-13(11-3-1-5-19-11)12-4-2-6-20-12/h1-8,13,18H. The molecule has 3 aromatic heterocycles. The van der Waals surface area contributed by atoms with Crippen LogP contribution in [0.2, 0.25) is 5.15 Å². The van der Waals surface area contributed by atoms with Crippen LogP contribution in [0.15, 0.2) is 51.8 Å². The molecule has 0 aromatic carbocycles. The quantitative estimate of drug-likeness (QED) is 0.572. The van der Waals surface area contributed by atoms with Gasteiger partial charge in [-0.3, -0.25) is 0 Å². The van der Waals surface area contributed by atoms with E-state index in [1.807, 2.05) is 6.07 Å². The fourth-order valence-electron chi connectivity index (χ4n) is 1.86. The SMILES string of the molecule is Clc1ncc(NC(c2cccs2)c2cccs2)cc1Br. The molecular formula is C14H10BrClN2S2. The predicted octanol–water partition coefficient (Wildman–Crippen LogP) is 5.82. The van der Waals surface area contributed by atoms with E-state index in [9.17, 15) is 0 Å². The lowest BCUT2D eigenvalue weighted by Crippen LogP contribution is -2.09. The van der Waals surface area contributed by atoms with E-state index < -0.39 is 0 Å². The third kappa shape index (κ3) is 3.06. The molecule has 0 aliphatic rings. The molecule has 3 aromatic rings. The maximum Gasteiger partial charge on any atom is 0.143 e. The van der Waals surface area contributed by atoms with Gasteiger partial charge in [-0.1, -0.05) is 23.7 Å². The lowest BCUT2D eigenvalue weighted by Gasteiger charge is -2.17. The molecule has 0 saturated carbocycles. The average Bonchev–Trinajstić information content (AvgIpc) is 3.12. The van der Waals surface area contributed by atoms with Crippen molar-refractivity contribution in [3.8, 4) is 0 Å². The lowest BCUT2D eigenvalue weighted by molar-refractivity contribution is 0.988. The highest BCUT2D eigenvalue weighted by Crippen LogP contribution is 2.33. The summed E-state index contributed by atoms with van der Waals surface area (Å²) in [6, 6.07) is 10.5. The largest absolute Gasteiger partial charge is 0.371 e. The third-order valence-corrected chi connectivity index (χ3v) is 5.77. The molecule has 1 N–H and O–H groups in total. The average molecular weight is 386 g/mol. The van der Waals surface area contributed by atoms with Gasteiger partial charge in [0.25, 0.3) is 0 Å². The molecule has 6 heteroatoms. The first-order valence-corrected chi connectivity index (χ1v) is 8.81. The Morgan fingerprint density at radius 2 is 1.80 bits per heavy atom. The Kier molecular flexibility index (Phi) is 4.41. The summed E-state index contributed by atoms with van der Waals surface area (Å²) < 4.78 is 0.792. The fraction of sp³-hybridized carbons (Fsp3) is 0.0714. The van der Waals surface area contributed by atoms with Gasteiger partial charge < -0.3 is 5.32 Å². The van der Waals surface area contributed by atoms with Crippen molar-refractivity contribution in [3.05, 3.63) is 66.7 Å². The highest BCUT2D eigenvalue weighted by molar-refractivity contribution is 9.10. The van der Waals surface area contributed by atoms with Crippen LogP contribution in [0, 0.1) is 0 Å². The van der Waals surface area contributed by atoms with Crippen LogP contribution in [0.4, 0.5) is 5.69 Å². The van der Waals surface area contributed by atoms with E-state index in [1.165, 1.54) is 9.75 Å². The second kappa shape index (κ2) is 6.26. The predicted molar refractivity (Wildman–Crippen MR) is 91.1 cm³/mol. The van der Waals surface area contributed by atoms with E-state index in [0.717, 1.165) is 10.2 Å². The Labute approximate surface area is 138 Å². The van der Waals surface area contributed by atoms with Crippen molar-refractivity contribution in [3.63, 3.8) is 0 Å². The zero-order valence-electron chi connectivity index (χ0n) is 10.2. The highest BCUT2D eigenvalue weighted by Gasteiger charge is 2.16. The first-order valence-electron chi connectivity index (χ1n) is 5.88. The Bertz CT molecular complexity index is 649. The van der Waals surface area contributed by atoms with Crippen LogP contribution in [0.3, 0.4) is 0 Å². The van der Waals surface area contributed by atoms with Crippen LogP contribution >= 0.6 is 50.2 Å². The van der Waals surface area contributed by atoms with E-state index in [1.54, 1.807) is 28.9 Å². The van der Waals surface area contributed by atoms with Gasteiger partial charge in [0.1, 0.15) is 5.15 Å². The summed E-state index contributed by atoms with van der Waals surface area (Å²) in [4.78, 5) is 6.71. The van der Waals surface area contributed by atoms with Crippen molar-refractivity contribution < 1.29 is 0 Å². The van der Waals surface area contributed by atoms with Crippen molar-refractivity contribution in [2.75, 3.05) is 5.32 Å². The van der Waals surface area contributed by atoms with Crippen LogP contribution in [-0.4, -0.2) is 4.98 Å². The summed E-state index contributed by atoms with van der Waals surface area (Å²) >= 11 is 12.8. The number of anilines is 1. The molecule has 2 nitrogen and oxygen atoms in total. The lowest BCUT2D eigenvalue weighted by atomic mass is 10.2. The van der Waals surface area contributed by atoms with Crippen molar-refractivity contribution in [1.82, 2.24) is 4.98 Å². The van der Waals surface area contributed by atoms with E-state index >= 15 is 0 Å². The monoisotopic (exact) mass is 384 g/mol. The Balaban J connectivity index is 1.92. The molecule has 102 valence electrons. The van der Waals surface area contributed by atoms with Crippen LogP contribution in [0.5, 0.6) is 0 Å². The fourth-order valence-corrected chi connectivity index (χ4v) is 3.97. The molecule has 20 heavy (non-hydrogen) atoms. The number of rotatable bonds is 4. The highest BCUT2D eigenvalue weighted by atomic mass is 79.9. The van der Waals surface area contributed by atoms with Crippen molar-refractivity contribution in [1.29, 1.82) is 0 Å². The number of hydrogen-bond acceptors (Lipinski definition) is 4. The molecule has 0 unspecified atom stereocenters. The molecule has 0 aliphatic carbocycles. The number of halogens is 2. The summed E-state index contributed by atoms with van der Waals surface area (Å²) in [5, 5.41) is 8.18. The molecule has 0 spiro atoms. The second-order valence-corrected chi connectivity index (χ2v) is 7.28. The molecule has 3 heterocycles. The second-order valence-electron chi connectivity index (χ2n) is 4.10. The van der Waals surface area contributed by atoms with Gasteiger partial charge in [-0.2, -0.15) is 0 Å². The third-order valence-electron chi connectivity index (χ3n) is 2.76. The normalized spacial score (nSPS) is 10.9. The zero-order chi connectivity index (χ0) is 13.9. The minimum absolute atomic E-state index is 0.143. The Morgan fingerprint density at radius 1 is 1.15 bits per heavy atom. The van der Waals surface area contributed by atoms with Gasteiger partial charge in [0, 0.05) is 9.75 Å². The number of hydrogen-bond donors (Lipinski definition) is 1. The summed E-state index contributed by atoms with van der Waals surface area (Å²) in [7, 11) is 0. The molecule has 0 amide bonds. The van der Waals surface area contributed by atoms with E-state index in [0.29, 0.717) is 5.15 Å². The van der Waals surface area contributed by atoms with Crippen LogP contribution in [0.25, 0.3) is 0 Å². The van der Waals surface area contributed by atoms with Crippen LogP contribution < -0.4 is 5.32 Å². The van der Waals surface area contributed by atoms with Gasteiger partial charge >= 0.3 is 0 Å². The van der Waals surface area contributed by atoms with Crippen molar-refractivity contribution in [2.45, 2.75) is 6.04 Å². The molecule has 0 saturated heterocycles. The minimum atomic E-state index is 0.143. The van der Waals surface area contributed by atoms with Crippen LogP contribution in [-0.2, 0) is 0 Å². The van der Waals surface area contributed by atoms with Gasteiger partial charge in [0.15, 0.2) is 0 Å². The smallest absolute Gasteiger partial charge is 0.143 e. The summed E-state index contributed by atoms with van der Waals surface area (Å²) in [5.74, 6) is 0. The van der Waals surface area contributed by atoms with Gasteiger partial charge in [-0.05, 0) is 44.9 Å². The first kappa shape index (κ1) is 14.1. The number of pyridine rings is 1. The maximum atomic E-state index is 5.93. The molecule has 0 atom stereocenters.